The van der Waals surface area contributed by atoms with Crippen LogP contribution in [0.1, 0.15) is 34.6 Å². The van der Waals surface area contributed by atoms with Gasteiger partial charge in [0.25, 0.3) is 5.91 Å². The number of nitrogens with zero attached hydrogens (tertiary/aromatic N) is 2. The summed E-state index contributed by atoms with van der Waals surface area (Å²) in [4.78, 5) is 13.5. The largest absolute Gasteiger partial charge is 0.346 e. The fourth-order valence-corrected chi connectivity index (χ4v) is 2.57. The summed E-state index contributed by atoms with van der Waals surface area (Å²) in [5, 5.41) is 0. The first kappa shape index (κ1) is 8.09. The summed E-state index contributed by atoms with van der Waals surface area (Å²) in [7, 11) is 1.87. The molecule has 2 aliphatic rings. The number of carbonyl (C=O) groups is 1. The number of hydrogen-bond acceptors (Lipinski definition) is 1. The van der Waals surface area contributed by atoms with Gasteiger partial charge in [0, 0.05) is 19.3 Å². The molecule has 0 fully saturated rings. The molecule has 0 spiro atoms. The Morgan fingerprint density at radius 2 is 2.21 bits per heavy atom. The Bertz CT molecular complexity index is 406. The van der Waals surface area contributed by atoms with Crippen LogP contribution >= 0.6 is 0 Å². The van der Waals surface area contributed by atoms with E-state index in [2.05, 4.69) is 10.6 Å². The molecule has 0 aliphatic carbocycles. The Kier molecular flexibility index (Phi) is 1.52. The lowest BCUT2D eigenvalue weighted by Crippen LogP contribution is -2.20. The van der Waals surface area contributed by atoms with Gasteiger partial charge in [-0.05, 0) is 25.3 Å². The van der Waals surface area contributed by atoms with E-state index in [1.165, 1.54) is 24.2 Å². The van der Waals surface area contributed by atoms with E-state index in [4.69, 9.17) is 0 Å². The molecular weight excluding hydrogens is 176 g/mol. The second-order valence-electron chi connectivity index (χ2n) is 4.27. The van der Waals surface area contributed by atoms with Gasteiger partial charge in [0.15, 0.2) is 0 Å². The van der Waals surface area contributed by atoms with Crippen molar-refractivity contribution in [3.8, 4) is 0 Å². The third-order valence-corrected chi connectivity index (χ3v) is 3.32. The molecule has 3 heteroatoms. The Balaban J connectivity index is 2.14. The predicted molar refractivity (Wildman–Crippen MR) is 53.2 cm³/mol. The molecule has 0 radical (unpaired) electrons. The molecule has 0 unspecified atom stereocenters. The molecule has 0 saturated heterocycles. The monoisotopic (exact) mass is 190 g/mol. The third kappa shape index (κ3) is 0.897. The molecule has 1 aromatic rings. The van der Waals surface area contributed by atoms with Crippen molar-refractivity contribution in [2.45, 2.75) is 32.4 Å². The fraction of sp³-hybridized carbons (Fsp3) is 0.545. The molecule has 3 heterocycles. The summed E-state index contributed by atoms with van der Waals surface area (Å²) in [5.74, 6) is 0.196. The number of carbonyl (C=O) groups excluding carboxylic acids is 1. The Labute approximate surface area is 83.3 Å². The molecule has 14 heavy (non-hydrogen) atoms. The predicted octanol–water partition coefficient (Wildman–Crippen LogP) is 1.41. The summed E-state index contributed by atoms with van der Waals surface area (Å²) in [6.07, 6.45) is 3.67. The lowest BCUT2D eigenvalue weighted by Gasteiger charge is -2.18. The van der Waals surface area contributed by atoms with Crippen molar-refractivity contribution < 1.29 is 4.79 Å². The Morgan fingerprint density at radius 3 is 3.07 bits per heavy atom. The minimum Gasteiger partial charge on any atom is -0.346 e. The third-order valence-electron chi connectivity index (χ3n) is 3.32. The molecule has 0 bridgehead atoms. The van der Waals surface area contributed by atoms with Crippen molar-refractivity contribution in [3.05, 3.63) is 23.0 Å². The zero-order chi connectivity index (χ0) is 9.71. The number of aryl methyl sites for hydroxylation is 1. The van der Waals surface area contributed by atoms with Gasteiger partial charge < -0.3 is 9.47 Å². The molecule has 0 aromatic carbocycles. The molecule has 2 aliphatic heterocycles. The molecule has 3 rings (SSSR count). The molecule has 0 atom stereocenters. The van der Waals surface area contributed by atoms with Crippen LogP contribution in [0.4, 0.5) is 0 Å². The van der Waals surface area contributed by atoms with E-state index in [0.29, 0.717) is 0 Å². The zero-order valence-electron chi connectivity index (χ0n) is 8.42. The van der Waals surface area contributed by atoms with Crippen LogP contribution in [0.25, 0.3) is 0 Å². The lowest BCUT2D eigenvalue weighted by atomic mass is 10.1. The molecule has 1 amide bonds. The number of fused-ring (bicyclic) bond motifs is 3. The Morgan fingerprint density at radius 1 is 1.36 bits per heavy atom. The lowest BCUT2D eigenvalue weighted by molar-refractivity contribution is 0.0815. The van der Waals surface area contributed by atoms with Crippen LogP contribution < -0.4 is 0 Å². The van der Waals surface area contributed by atoms with Gasteiger partial charge in [0.1, 0.15) is 0 Å². The van der Waals surface area contributed by atoms with Crippen molar-refractivity contribution in [1.29, 1.82) is 0 Å². The summed E-state index contributed by atoms with van der Waals surface area (Å²) in [6, 6.07) is 2.10. The molecule has 0 saturated carbocycles. The van der Waals surface area contributed by atoms with E-state index >= 15 is 0 Å². The molecule has 74 valence electrons. The molecular formula is C11H14N2O. The SMILES string of the molecule is CN1Cc2c(cc3n2CCCC3)C1=O. The maximum atomic E-state index is 11.7. The first-order valence-corrected chi connectivity index (χ1v) is 5.24. The minimum absolute atomic E-state index is 0.196. The van der Waals surface area contributed by atoms with Crippen LogP contribution in [0.2, 0.25) is 0 Å². The van der Waals surface area contributed by atoms with Crippen LogP contribution in [0, 0.1) is 0 Å². The molecule has 1 aromatic heterocycles. The van der Waals surface area contributed by atoms with Gasteiger partial charge in [0.2, 0.25) is 0 Å². The average Bonchev–Trinajstić information content (AvgIpc) is 2.67. The van der Waals surface area contributed by atoms with E-state index in [1.54, 1.807) is 4.90 Å². The second-order valence-corrected chi connectivity index (χ2v) is 4.27. The fourth-order valence-electron chi connectivity index (χ4n) is 2.57. The highest BCUT2D eigenvalue weighted by molar-refractivity contribution is 5.98. The van der Waals surface area contributed by atoms with Crippen LogP contribution in [-0.4, -0.2) is 22.4 Å². The van der Waals surface area contributed by atoms with Crippen LogP contribution in [0.3, 0.4) is 0 Å². The highest BCUT2D eigenvalue weighted by Crippen LogP contribution is 2.28. The van der Waals surface area contributed by atoms with E-state index in [9.17, 15) is 4.79 Å². The highest BCUT2D eigenvalue weighted by Gasteiger charge is 2.30. The van der Waals surface area contributed by atoms with Gasteiger partial charge in [-0.2, -0.15) is 0 Å². The van der Waals surface area contributed by atoms with Gasteiger partial charge in [-0.25, -0.2) is 0 Å². The number of amides is 1. The number of rotatable bonds is 0. The van der Waals surface area contributed by atoms with Gasteiger partial charge in [-0.15, -0.1) is 0 Å². The van der Waals surface area contributed by atoms with E-state index in [-0.39, 0.29) is 5.91 Å². The van der Waals surface area contributed by atoms with E-state index in [1.807, 2.05) is 7.05 Å². The van der Waals surface area contributed by atoms with Crippen molar-refractivity contribution in [3.63, 3.8) is 0 Å². The van der Waals surface area contributed by atoms with Gasteiger partial charge in [0.05, 0.1) is 17.8 Å². The van der Waals surface area contributed by atoms with E-state index < -0.39 is 0 Å². The van der Waals surface area contributed by atoms with Crippen molar-refractivity contribution in [2.24, 2.45) is 0 Å². The zero-order valence-corrected chi connectivity index (χ0v) is 8.42. The van der Waals surface area contributed by atoms with Gasteiger partial charge >= 0.3 is 0 Å². The van der Waals surface area contributed by atoms with Crippen molar-refractivity contribution in [1.82, 2.24) is 9.47 Å². The van der Waals surface area contributed by atoms with Crippen molar-refractivity contribution >= 4 is 5.91 Å². The standard InChI is InChI=1S/C11H14N2O/c1-12-7-10-9(11(12)14)6-8-4-2-3-5-13(8)10/h6H,2-5,7H2,1H3. The smallest absolute Gasteiger partial charge is 0.255 e. The van der Waals surface area contributed by atoms with E-state index in [0.717, 1.165) is 25.1 Å². The maximum Gasteiger partial charge on any atom is 0.255 e. The summed E-state index contributed by atoms with van der Waals surface area (Å²) in [6.45, 7) is 1.90. The van der Waals surface area contributed by atoms with Crippen LogP contribution in [-0.2, 0) is 19.5 Å². The highest BCUT2D eigenvalue weighted by atomic mass is 16.2. The summed E-state index contributed by atoms with van der Waals surface area (Å²) >= 11 is 0. The topological polar surface area (TPSA) is 25.2 Å². The summed E-state index contributed by atoms with van der Waals surface area (Å²) in [5.41, 5.74) is 3.55. The molecule has 3 nitrogen and oxygen atoms in total. The van der Waals surface area contributed by atoms with Gasteiger partial charge in [-0.3, -0.25) is 4.79 Å². The van der Waals surface area contributed by atoms with Crippen molar-refractivity contribution in [2.75, 3.05) is 7.05 Å². The van der Waals surface area contributed by atoms with Gasteiger partial charge in [-0.1, -0.05) is 0 Å². The first-order chi connectivity index (χ1) is 6.77. The van der Waals surface area contributed by atoms with Crippen LogP contribution in [0.5, 0.6) is 0 Å². The average molecular weight is 190 g/mol. The second kappa shape index (κ2) is 2.62. The molecule has 0 N–H and O–H groups in total. The number of aromatic nitrogens is 1. The van der Waals surface area contributed by atoms with Crippen LogP contribution in [0.15, 0.2) is 6.07 Å². The minimum atomic E-state index is 0.196. The maximum absolute atomic E-state index is 11.7. The normalized spacial score (nSPS) is 19.8. The quantitative estimate of drug-likeness (QED) is 0.607. The first-order valence-electron chi connectivity index (χ1n) is 5.24. The summed E-state index contributed by atoms with van der Waals surface area (Å²) < 4.78 is 2.35. The number of hydrogen-bond donors (Lipinski definition) is 0. The Hall–Kier alpha value is -1.25.